The Morgan fingerprint density at radius 3 is 3.00 bits per heavy atom. The molecule has 0 spiro atoms. The van der Waals surface area contributed by atoms with Crippen LogP contribution in [-0.4, -0.2) is 50.2 Å². The summed E-state index contributed by atoms with van der Waals surface area (Å²) in [4.78, 5) is 6.83. The average Bonchev–Trinajstić information content (AvgIpc) is 2.38. The van der Waals surface area contributed by atoms with Crippen LogP contribution in [0.2, 0.25) is 0 Å². The van der Waals surface area contributed by atoms with Gasteiger partial charge < -0.3 is 10.2 Å². The number of hydrogen-bond donors (Lipinski definition) is 1. The van der Waals surface area contributed by atoms with Crippen LogP contribution >= 0.6 is 0 Å². The number of likely N-dealkylation sites (tertiary alicyclic amines) is 1. The van der Waals surface area contributed by atoms with Gasteiger partial charge in [-0.15, -0.1) is 0 Å². The third-order valence-electron chi connectivity index (χ3n) is 3.46. The van der Waals surface area contributed by atoms with Crippen molar-refractivity contribution >= 4 is 15.7 Å². The maximum Gasteiger partial charge on any atom is 0.179 e. The predicted octanol–water partition coefficient (Wildman–Crippen LogP) is 1.38. The van der Waals surface area contributed by atoms with Crippen molar-refractivity contribution in [3.8, 4) is 0 Å². The van der Waals surface area contributed by atoms with E-state index in [2.05, 4.69) is 22.1 Å². The third kappa shape index (κ3) is 3.67. The first-order valence-electron chi connectivity index (χ1n) is 6.64. The molecule has 106 valence electrons. The van der Waals surface area contributed by atoms with Gasteiger partial charge in [0, 0.05) is 25.0 Å². The Bertz CT molecular complexity index is 530. The number of hydrogen-bond acceptors (Lipinski definition) is 5. The first-order valence-corrected chi connectivity index (χ1v) is 8.54. The van der Waals surface area contributed by atoms with Gasteiger partial charge in [-0.1, -0.05) is 6.92 Å². The van der Waals surface area contributed by atoms with Gasteiger partial charge in [-0.25, -0.2) is 13.4 Å². The average molecular weight is 283 g/mol. The van der Waals surface area contributed by atoms with Crippen LogP contribution in [0.3, 0.4) is 0 Å². The van der Waals surface area contributed by atoms with Gasteiger partial charge in [0.25, 0.3) is 0 Å². The molecule has 0 aliphatic carbocycles. The van der Waals surface area contributed by atoms with Gasteiger partial charge in [-0.05, 0) is 38.1 Å². The van der Waals surface area contributed by atoms with E-state index in [0.717, 1.165) is 32.5 Å². The quantitative estimate of drug-likeness (QED) is 0.904. The zero-order valence-electron chi connectivity index (χ0n) is 11.5. The molecule has 1 unspecified atom stereocenters. The SMILES string of the molecule is CCN1CCCC(Nc2ncccc2S(C)(=O)=O)C1. The van der Waals surface area contributed by atoms with E-state index in [4.69, 9.17) is 0 Å². The molecule has 1 fully saturated rings. The molecule has 0 aromatic carbocycles. The minimum absolute atomic E-state index is 0.268. The number of aromatic nitrogens is 1. The molecule has 0 saturated carbocycles. The van der Waals surface area contributed by atoms with Crippen molar-refractivity contribution in [2.45, 2.75) is 30.7 Å². The highest BCUT2D eigenvalue weighted by Crippen LogP contribution is 2.21. The lowest BCUT2D eigenvalue weighted by atomic mass is 10.1. The van der Waals surface area contributed by atoms with Crippen molar-refractivity contribution in [1.82, 2.24) is 9.88 Å². The summed E-state index contributed by atoms with van der Waals surface area (Å²) in [6, 6.07) is 3.52. The molecule has 5 nitrogen and oxygen atoms in total. The molecule has 1 saturated heterocycles. The van der Waals surface area contributed by atoms with E-state index in [9.17, 15) is 8.42 Å². The van der Waals surface area contributed by atoms with E-state index < -0.39 is 9.84 Å². The molecule has 0 bridgehead atoms. The van der Waals surface area contributed by atoms with Crippen LogP contribution in [0, 0.1) is 0 Å². The molecule has 0 amide bonds. The molecule has 1 aliphatic rings. The highest BCUT2D eigenvalue weighted by molar-refractivity contribution is 7.90. The highest BCUT2D eigenvalue weighted by atomic mass is 32.2. The Labute approximate surface area is 114 Å². The van der Waals surface area contributed by atoms with E-state index in [1.165, 1.54) is 6.26 Å². The summed E-state index contributed by atoms with van der Waals surface area (Å²) in [5.74, 6) is 0.480. The summed E-state index contributed by atoms with van der Waals surface area (Å²) in [6.07, 6.45) is 5.02. The fourth-order valence-corrected chi connectivity index (χ4v) is 3.24. The molecule has 1 aliphatic heterocycles. The van der Waals surface area contributed by atoms with Crippen molar-refractivity contribution in [2.75, 3.05) is 31.2 Å². The molecular weight excluding hydrogens is 262 g/mol. The fourth-order valence-electron chi connectivity index (χ4n) is 2.45. The Morgan fingerprint density at radius 2 is 2.32 bits per heavy atom. The monoisotopic (exact) mass is 283 g/mol. The predicted molar refractivity (Wildman–Crippen MR) is 76.1 cm³/mol. The molecule has 1 N–H and O–H groups in total. The Hall–Kier alpha value is -1.14. The number of nitrogens with zero attached hydrogens (tertiary/aromatic N) is 2. The molecule has 1 aromatic heterocycles. The molecule has 6 heteroatoms. The smallest absolute Gasteiger partial charge is 0.179 e. The van der Waals surface area contributed by atoms with Crippen LogP contribution < -0.4 is 5.32 Å². The lowest BCUT2D eigenvalue weighted by molar-refractivity contribution is 0.226. The summed E-state index contributed by atoms with van der Waals surface area (Å²) in [7, 11) is -3.24. The van der Waals surface area contributed by atoms with Crippen LogP contribution in [0.1, 0.15) is 19.8 Å². The summed E-state index contributed by atoms with van der Waals surface area (Å²) < 4.78 is 23.5. The molecule has 2 rings (SSSR count). The van der Waals surface area contributed by atoms with Gasteiger partial charge in [0.05, 0.1) is 0 Å². The topological polar surface area (TPSA) is 62.3 Å². The zero-order valence-corrected chi connectivity index (χ0v) is 12.3. The van der Waals surface area contributed by atoms with Crippen molar-refractivity contribution in [1.29, 1.82) is 0 Å². The summed E-state index contributed by atoms with van der Waals surface area (Å²) in [5.41, 5.74) is 0. The Balaban J connectivity index is 2.15. The lowest BCUT2D eigenvalue weighted by Crippen LogP contribution is -2.42. The van der Waals surface area contributed by atoms with E-state index in [0.29, 0.717) is 5.82 Å². The largest absolute Gasteiger partial charge is 0.365 e. The second-order valence-corrected chi connectivity index (χ2v) is 6.98. The number of rotatable bonds is 4. The third-order valence-corrected chi connectivity index (χ3v) is 4.59. The van der Waals surface area contributed by atoms with Crippen molar-refractivity contribution < 1.29 is 8.42 Å². The van der Waals surface area contributed by atoms with E-state index in [1.807, 2.05) is 0 Å². The number of sulfone groups is 1. The van der Waals surface area contributed by atoms with E-state index in [1.54, 1.807) is 18.3 Å². The van der Waals surface area contributed by atoms with Crippen LogP contribution in [0.15, 0.2) is 23.2 Å². The minimum atomic E-state index is -3.24. The number of piperidine rings is 1. The van der Waals surface area contributed by atoms with Gasteiger partial charge in [-0.3, -0.25) is 0 Å². The van der Waals surface area contributed by atoms with Gasteiger partial charge >= 0.3 is 0 Å². The molecule has 2 heterocycles. The minimum Gasteiger partial charge on any atom is -0.365 e. The first-order chi connectivity index (χ1) is 9.00. The van der Waals surface area contributed by atoms with Gasteiger partial charge in [0.15, 0.2) is 9.84 Å². The lowest BCUT2D eigenvalue weighted by Gasteiger charge is -2.32. The number of anilines is 1. The highest BCUT2D eigenvalue weighted by Gasteiger charge is 2.21. The van der Waals surface area contributed by atoms with Gasteiger partial charge in [-0.2, -0.15) is 0 Å². The van der Waals surface area contributed by atoms with Gasteiger partial charge in [0.2, 0.25) is 0 Å². The van der Waals surface area contributed by atoms with E-state index in [-0.39, 0.29) is 10.9 Å². The molecular formula is C13H21N3O2S. The fraction of sp³-hybridized carbons (Fsp3) is 0.615. The molecule has 1 aromatic rings. The Morgan fingerprint density at radius 1 is 1.53 bits per heavy atom. The van der Waals surface area contributed by atoms with Crippen molar-refractivity contribution in [3.63, 3.8) is 0 Å². The van der Waals surface area contributed by atoms with E-state index >= 15 is 0 Å². The van der Waals surface area contributed by atoms with Crippen molar-refractivity contribution in [2.24, 2.45) is 0 Å². The second kappa shape index (κ2) is 5.88. The van der Waals surface area contributed by atoms with Crippen LogP contribution in [0.4, 0.5) is 5.82 Å². The summed E-state index contributed by atoms with van der Waals surface area (Å²) in [5, 5.41) is 3.29. The molecule has 1 atom stereocenters. The zero-order chi connectivity index (χ0) is 13.9. The van der Waals surface area contributed by atoms with Crippen LogP contribution in [0.25, 0.3) is 0 Å². The van der Waals surface area contributed by atoms with Crippen LogP contribution in [0.5, 0.6) is 0 Å². The van der Waals surface area contributed by atoms with Crippen LogP contribution in [-0.2, 0) is 9.84 Å². The molecule has 19 heavy (non-hydrogen) atoms. The summed E-state index contributed by atoms with van der Waals surface area (Å²) in [6.45, 7) is 5.23. The molecule has 0 radical (unpaired) electrons. The van der Waals surface area contributed by atoms with Crippen molar-refractivity contribution in [3.05, 3.63) is 18.3 Å². The normalized spacial score (nSPS) is 21.3. The standard InChI is InChI=1S/C13H21N3O2S/c1-3-16-9-5-6-11(10-16)15-13-12(19(2,17)18)7-4-8-14-13/h4,7-8,11H,3,5-6,9-10H2,1-2H3,(H,14,15). The Kier molecular flexibility index (Phi) is 4.42. The first kappa shape index (κ1) is 14.3. The maximum atomic E-state index is 11.7. The maximum absolute atomic E-state index is 11.7. The number of nitrogens with one attached hydrogen (secondary N) is 1. The summed E-state index contributed by atoms with van der Waals surface area (Å²) >= 11 is 0. The van der Waals surface area contributed by atoms with Gasteiger partial charge in [0.1, 0.15) is 10.7 Å². The second-order valence-electron chi connectivity index (χ2n) is 5.00. The number of likely N-dealkylation sites (N-methyl/N-ethyl adjacent to an activating group) is 1. The number of pyridine rings is 1.